The average Bonchev–Trinajstić information content (AvgIpc) is 3.27. The highest BCUT2D eigenvalue weighted by Crippen LogP contribution is 2.47. The van der Waals surface area contributed by atoms with E-state index < -0.39 is 47.2 Å². The van der Waals surface area contributed by atoms with Crippen LogP contribution in [0.15, 0.2) is 21.4 Å². The normalized spacial score (nSPS) is 21.9. The highest BCUT2D eigenvalue weighted by molar-refractivity contribution is 9.10. The first-order valence-corrected chi connectivity index (χ1v) is 13.1. The van der Waals surface area contributed by atoms with Crippen molar-refractivity contribution in [1.29, 1.82) is 0 Å². The van der Waals surface area contributed by atoms with Gasteiger partial charge in [-0.2, -0.15) is 13.2 Å². The van der Waals surface area contributed by atoms with Crippen molar-refractivity contribution in [1.82, 2.24) is 14.9 Å². The van der Waals surface area contributed by atoms with Crippen LogP contribution in [-0.2, 0) is 39.5 Å². The molecule has 40 heavy (non-hydrogen) atoms. The quantitative estimate of drug-likeness (QED) is 0.236. The summed E-state index contributed by atoms with van der Waals surface area (Å²) < 4.78 is 60.6. The maximum absolute atomic E-state index is 14.9. The fraction of sp³-hybridized carbons (Fsp3) is 0.385. The number of aliphatic hydroxyl groups is 2. The molecule has 0 fully saturated rings. The van der Waals surface area contributed by atoms with Crippen molar-refractivity contribution in [3.8, 4) is 11.4 Å². The van der Waals surface area contributed by atoms with Crippen LogP contribution in [0.25, 0.3) is 22.3 Å². The number of benzene rings is 1. The summed E-state index contributed by atoms with van der Waals surface area (Å²) in [4.78, 5) is 43.0. The van der Waals surface area contributed by atoms with Gasteiger partial charge in [0.15, 0.2) is 5.60 Å². The molecule has 2 aromatic heterocycles. The summed E-state index contributed by atoms with van der Waals surface area (Å²) in [5.74, 6) is -3.18. The molecule has 0 radical (unpaired) electrons. The van der Waals surface area contributed by atoms with Crippen LogP contribution in [0.2, 0.25) is 0 Å². The van der Waals surface area contributed by atoms with Gasteiger partial charge in [0.25, 0.3) is 11.5 Å². The zero-order chi connectivity index (χ0) is 28.9. The van der Waals surface area contributed by atoms with Gasteiger partial charge in [-0.05, 0) is 52.4 Å². The number of hydrogen-bond acceptors (Lipinski definition) is 7. The molecular formula is C26H20BrF4N3O6. The molecule has 9 nitrogen and oxygen atoms in total. The van der Waals surface area contributed by atoms with E-state index in [9.17, 15) is 42.2 Å². The van der Waals surface area contributed by atoms with Gasteiger partial charge in [-0.15, -0.1) is 0 Å². The van der Waals surface area contributed by atoms with E-state index in [-0.39, 0.29) is 64.9 Å². The topological polar surface area (TPSA) is 131 Å². The highest BCUT2D eigenvalue weighted by Gasteiger charge is 2.47. The number of aliphatic hydroxyl groups excluding tert-OH is 1. The first kappa shape index (κ1) is 26.8. The fourth-order valence-corrected chi connectivity index (χ4v) is 6.41. The van der Waals surface area contributed by atoms with E-state index in [0.29, 0.717) is 22.1 Å². The Balaban J connectivity index is 1.60. The number of carbonyl (C=O) groups excluding carboxylic acids is 2. The molecule has 3 atom stereocenters. The molecule has 6 rings (SSSR count). The standard InChI is InChI=1S/C26H20BrF4N3O6/c1-2-25(39)12-5-16-20-10(7-34(16)23(37)11(12)8-40-24(25)38)18-14(33-22(36)21(35)26(29,30)31)4-3-9-17(18)15(32-20)6-13(28)19(9)27/h5-6,14,21,35,39H,2-4,7-8H2,1H3,(H,33,36)/t14-,21?,25+/m1/s1. The monoisotopic (exact) mass is 625 g/mol. The van der Waals surface area contributed by atoms with Crippen molar-refractivity contribution in [3.63, 3.8) is 0 Å². The summed E-state index contributed by atoms with van der Waals surface area (Å²) >= 11 is 3.23. The molecule has 3 aliphatic rings. The second-order valence-electron chi connectivity index (χ2n) is 10.0. The molecule has 1 aliphatic carbocycles. The molecule has 0 saturated carbocycles. The Morgan fingerprint density at radius 3 is 2.70 bits per heavy atom. The lowest BCUT2D eigenvalue weighted by atomic mass is 9.83. The molecule has 3 aromatic rings. The number of amides is 1. The highest BCUT2D eigenvalue weighted by atomic mass is 79.9. The lowest BCUT2D eigenvalue weighted by Gasteiger charge is -2.31. The summed E-state index contributed by atoms with van der Waals surface area (Å²) in [6.07, 6.45) is -8.26. The van der Waals surface area contributed by atoms with Gasteiger partial charge in [-0.1, -0.05) is 6.92 Å². The van der Waals surface area contributed by atoms with E-state index in [4.69, 9.17) is 4.74 Å². The third-order valence-electron chi connectivity index (χ3n) is 7.92. The number of carbonyl (C=O) groups is 2. The number of hydrogen-bond donors (Lipinski definition) is 3. The van der Waals surface area contributed by atoms with Crippen LogP contribution in [0.1, 0.15) is 53.6 Å². The first-order chi connectivity index (χ1) is 18.8. The molecule has 1 unspecified atom stereocenters. The second-order valence-corrected chi connectivity index (χ2v) is 10.8. The van der Waals surface area contributed by atoms with Crippen LogP contribution in [0.3, 0.4) is 0 Å². The first-order valence-electron chi connectivity index (χ1n) is 12.3. The minimum absolute atomic E-state index is 0.0618. The summed E-state index contributed by atoms with van der Waals surface area (Å²) in [5.41, 5.74) is -0.679. The van der Waals surface area contributed by atoms with Gasteiger partial charge < -0.3 is 24.8 Å². The molecule has 4 heterocycles. The zero-order valence-electron chi connectivity index (χ0n) is 20.7. The molecule has 0 bridgehead atoms. The van der Waals surface area contributed by atoms with E-state index >= 15 is 0 Å². The van der Waals surface area contributed by atoms with E-state index in [0.717, 1.165) is 6.07 Å². The largest absolute Gasteiger partial charge is 0.458 e. The molecule has 210 valence electrons. The predicted octanol–water partition coefficient (Wildman–Crippen LogP) is 3.01. The minimum Gasteiger partial charge on any atom is -0.458 e. The Labute approximate surface area is 230 Å². The molecule has 3 N–H and O–H groups in total. The Morgan fingerprint density at radius 1 is 1.30 bits per heavy atom. The number of aromatic nitrogens is 2. The average molecular weight is 626 g/mol. The lowest BCUT2D eigenvalue weighted by molar-refractivity contribution is -0.205. The van der Waals surface area contributed by atoms with Gasteiger partial charge in [-0.3, -0.25) is 9.59 Å². The van der Waals surface area contributed by atoms with Gasteiger partial charge in [0, 0.05) is 22.6 Å². The lowest BCUT2D eigenvalue weighted by Crippen LogP contribution is -2.45. The fourth-order valence-electron chi connectivity index (χ4n) is 5.90. The van der Waals surface area contributed by atoms with Gasteiger partial charge in [0.2, 0.25) is 6.10 Å². The van der Waals surface area contributed by atoms with Crippen LogP contribution < -0.4 is 10.9 Å². The van der Waals surface area contributed by atoms with Gasteiger partial charge in [0.1, 0.15) is 12.4 Å². The third kappa shape index (κ3) is 3.65. The number of halogens is 5. The Bertz CT molecular complexity index is 1720. The van der Waals surface area contributed by atoms with E-state index in [2.05, 4.69) is 26.2 Å². The number of fused-ring (bicyclic) bond motifs is 5. The maximum atomic E-state index is 14.9. The van der Waals surface area contributed by atoms with E-state index in [1.807, 2.05) is 0 Å². The van der Waals surface area contributed by atoms with Crippen molar-refractivity contribution in [2.24, 2.45) is 0 Å². The zero-order valence-corrected chi connectivity index (χ0v) is 22.2. The van der Waals surface area contributed by atoms with Crippen molar-refractivity contribution in [3.05, 3.63) is 60.6 Å². The summed E-state index contributed by atoms with van der Waals surface area (Å²) in [5, 5.41) is 23.3. The van der Waals surface area contributed by atoms with Gasteiger partial charge in [-0.25, -0.2) is 14.2 Å². The molecule has 1 aromatic carbocycles. The minimum atomic E-state index is -5.18. The maximum Gasteiger partial charge on any atom is 0.423 e. The van der Waals surface area contributed by atoms with Crippen LogP contribution in [0, 0.1) is 5.82 Å². The van der Waals surface area contributed by atoms with Crippen LogP contribution in [0.4, 0.5) is 17.6 Å². The molecule has 0 saturated heterocycles. The van der Waals surface area contributed by atoms with Crippen LogP contribution >= 0.6 is 15.9 Å². The number of pyridine rings is 2. The number of nitrogens with one attached hydrogen (secondary N) is 1. The van der Waals surface area contributed by atoms with Crippen molar-refractivity contribution in [2.75, 3.05) is 0 Å². The Hall–Kier alpha value is -3.36. The van der Waals surface area contributed by atoms with Crippen LogP contribution in [0.5, 0.6) is 0 Å². The number of ether oxygens (including phenoxy) is 1. The number of nitrogens with zero attached hydrogens (tertiary/aromatic N) is 2. The van der Waals surface area contributed by atoms with Crippen molar-refractivity contribution >= 4 is 38.7 Å². The molecule has 0 spiro atoms. The summed E-state index contributed by atoms with van der Waals surface area (Å²) in [6.45, 7) is 1.11. The van der Waals surface area contributed by atoms with E-state index in [1.54, 1.807) is 6.92 Å². The Morgan fingerprint density at radius 2 is 2.02 bits per heavy atom. The number of cyclic esters (lactones) is 1. The summed E-state index contributed by atoms with van der Waals surface area (Å²) in [7, 11) is 0. The number of rotatable bonds is 3. The number of aryl methyl sites for hydroxylation is 1. The molecule has 2 aliphatic heterocycles. The van der Waals surface area contributed by atoms with Crippen LogP contribution in [-0.4, -0.2) is 43.9 Å². The Kier molecular flexibility index (Phi) is 5.92. The summed E-state index contributed by atoms with van der Waals surface area (Å²) in [6, 6.07) is 1.57. The SMILES string of the molecule is CC[C@@]1(O)C(=O)OCc2c1cc1n(c2=O)Cc2c-1nc1cc(F)c(Br)c3c1c2[C@H](NC(=O)C(O)C(F)(F)F)CC3. The van der Waals surface area contributed by atoms with Gasteiger partial charge >= 0.3 is 12.1 Å². The van der Waals surface area contributed by atoms with Crippen molar-refractivity contribution < 1.29 is 42.1 Å². The number of alkyl halides is 3. The molecule has 14 heteroatoms. The number of esters is 1. The third-order valence-corrected chi connectivity index (χ3v) is 8.77. The predicted molar refractivity (Wildman–Crippen MR) is 133 cm³/mol. The smallest absolute Gasteiger partial charge is 0.423 e. The molecular weight excluding hydrogens is 606 g/mol. The van der Waals surface area contributed by atoms with Crippen molar-refractivity contribution in [2.45, 2.75) is 63.3 Å². The van der Waals surface area contributed by atoms with E-state index in [1.165, 1.54) is 10.6 Å². The second kappa shape index (κ2) is 8.82. The molecule has 1 amide bonds. The van der Waals surface area contributed by atoms with Gasteiger partial charge in [0.05, 0.1) is 39.5 Å².